The third-order valence-electron chi connectivity index (χ3n) is 5.55. The van der Waals surface area contributed by atoms with Crippen molar-refractivity contribution in [2.24, 2.45) is 11.1 Å². The molecule has 3 aromatic rings. The normalized spacial score (nSPS) is 20.4. The number of nitrogens with one attached hydrogen (secondary N) is 1. The Morgan fingerprint density at radius 3 is 2.88 bits per heavy atom. The topological polar surface area (TPSA) is 158 Å². The fourth-order valence-corrected chi connectivity index (χ4v) is 4.54. The van der Waals surface area contributed by atoms with Gasteiger partial charge < -0.3 is 14.8 Å². The molecule has 1 fully saturated rings. The van der Waals surface area contributed by atoms with Crippen LogP contribution >= 0.6 is 11.6 Å². The van der Waals surface area contributed by atoms with Gasteiger partial charge in [0.05, 0.1) is 18.3 Å². The van der Waals surface area contributed by atoms with Crippen molar-refractivity contribution in [3.63, 3.8) is 0 Å². The van der Waals surface area contributed by atoms with Crippen LogP contribution in [-0.4, -0.2) is 48.0 Å². The number of carbonyl (C=O) groups excluding carboxylic acids is 1. The number of aliphatic hydroxyl groups excluding tert-OH is 1. The summed E-state index contributed by atoms with van der Waals surface area (Å²) in [6, 6.07) is 10.4. The standard InChI is InChI=1S/C22H23ClN4O6S/c23-15-3-1-2-13(6-15)7-17-4-5-20(33-17)21(29)18-10-25-12-26-22(18)27-16-8-14(19(28)9-16)11-32-34(24,30)31/h1-6,10,12,14,16,19,28H,7-9,11H2,(H2,24,30,31)(H,25,26,27)/t14?,16-,19+/m1/s1. The van der Waals surface area contributed by atoms with Crippen molar-refractivity contribution in [3.8, 4) is 0 Å². The third kappa shape index (κ3) is 6.19. The first-order valence-corrected chi connectivity index (χ1v) is 12.3. The number of aromatic nitrogens is 2. The first-order valence-electron chi connectivity index (χ1n) is 10.5. The summed E-state index contributed by atoms with van der Waals surface area (Å²) in [6.07, 6.45) is 3.11. The molecule has 1 unspecified atom stereocenters. The monoisotopic (exact) mass is 506 g/mol. The molecule has 0 aliphatic heterocycles. The Morgan fingerprint density at radius 2 is 2.12 bits per heavy atom. The fraction of sp³-hybridized carbons (Fsp3) is 0.318. The minimum atomic E-state index is -4.09. The molecule has 0 radical (unpaired) electrons. The first-order chi connectivity index (χ1) is 16.2. The van der Waals surface area contributed by atoms with Crippen molar-refractivity contribution in [3.05, 3.63) is 76.6 Å². The van der Waals surface area contributed by atoms with Crippen molar-refractivity contribution in [2.45, 2.75) is 31.4 Å². The van der Waals surface area contributed by atoms with Crippen LogP contribution in [-0.2, 0) is 20.9 Å². The van der Waals surface area contributed by atoms with Crippen molar-refractivity contribution < 1.29 is 26.9 Å². The minimum Gasteiger partial charge on any atom is -0.457 e. The summed E-state index contributed by atoms with van der Waals surface area (Å²) >= 11 is 6.03. The number of halogens is 1. The average molecular weight is 507 g/mol. The maximum atomic E-state index is 13.1. The lowest BCUT2D eigenvalue weighted by molar-refractivity contribution is 0.100. The maximum absolute atomic E-state index is 13.1. The smallest absolute Gasteiger partial charge is 0.333 e. The number of ketones is 1. The highest BCUT2D eigenvalue weighted by Crippen LogP contribution is 2.30. The molecule has 0 saturated heterocycles. The van der Waals surface area contributed by atoms with E-state index in [1.54, 1.807) is 18.2 Å². The number of nitrogens with zero attached hydrogens (tertiary/aromatic N) is 2. The molecule has 2 aromatic heterocycles. The molecule has 10 nitrogen and oxygen atoms in total. The lowest BCUT2D eigenvalue weighted by atomic mass is 10.1. The quantitative estimate of drug-likeness (QED) is 0.370. The number of nitrogens with two attached hydrogens (primary N) is 1. The number of anilines is 1. The van der Waals surface area contributed by atoms with Gasteiger partial charge in [-0.3, -0.25) is 8.98 Å². The van der Waals surface area contributed by atoms with E-state index in [1.807, 2.05) is 18.2 Å². The van der Waals surface area contributed by atoms with Crippen molar-refractivity contribution in [2.75, 3.05) is 11.9 Å². The van der Waals surface area contributed by atoms with Crippen molar-refractivity contribution >= 4 is 33.5 Å². The van der Waals surface area contributed by atoms with Gasteiger partial charge in [0.25, 0.3) is 0 Å². The second-order valence-electron chi connectivity index (χ2n) is 8.10. The third-order valence-corrected chi connectivity index (χ3v) is 6.25. The number of hydrogen-bond donors (Lipinski definition) is 3. The number of benzene rings is 1. The second-order valence-corrected chi connectivity index (χ2v) is 9.76. The van der Waals surface area contributed by atoms with E-state index in [4.69, 9.17) is 21.2 Å². The van der Waals surface area contributed by atoms with Crippen molar-refractivity contribution in [1.29, 1.82) is 0 Å². The van der Waals surface area contributed by atoms with E-state index in [0.29, 0.717) is 30.0 Å². The van der Waals surface area contributed by atoms with E-state index in [9.17, 15) is 18.3 Å². The van der Waals surface area contributed by atoms with Crippen LogP contribution < -0.4 is 10.5 Å². The first kappa shape index (κ1) is 24.3. The molecule has 1 aromatic carbocycles. The van der Waals surface area contributed by atoms with Crippen LogP contribution in [0.1, 0.15) is 40.3 Å². The summed E-state index contributed by atoms with van der Waals surface area (Å²) in [5.41, 5.74) is 1.16. The lowest BCUT2D eigenvalue weighted by Gasteiger charge is -2.15. The highest BCUT2D eigenvalue weighted by atomic mass is 35.5. The maximum Gasteiger partial charge on any atom is 0.333 e. The Hall–Kier alpha value is -2.83. The Balaban J connectivity index is 1.44. The van der Waals surface area contributed by atoms with E-state index in [2.05, 4.69) is 19.5 Å². The molecular weight excluding hydrogens is 484 g/mol. The number of hydrogen-bond acceptors (Lipinski definition) is 9. The molecule has 2 heterocycles. The molecular formula is C22H23ClN4O6S. The summed E-state index contributed by atoms with van der Waals surface area (Å²) in [6.45, 7) is -0.227. The number of rotatable bonds is 9. The van der Waals surface area contributed by atoms with Crippen molar-refractivity contribution in [1.82, 2.24) is 9.97 Å². The van der Waals surface area contributed by atoms with Gasteiger partial charge in [-0.15, -0.1) is 0 Å². The van der Waals surface area contributed by atoms with E-state index < -0.39 is 28.1 Å². The number of furan rings is 1. The van der Waals surface area contributed by atoms with Gasteiger partial charge >= 0.3 is 10.3 Å². The van der Waals surface area contributed by atoms with Gasteiger partial charge in [-0.2, -0.15) is 8.42 Å². The van der Waals surface area contributed by atoms with Gasteiger partial charge in [-0.05, 0) is 42.7 Å². The van der Waals surface area contributed by atoms with Crippen LogP contribution in [0.2, 0.25) is 5.02 Å². The fourth-order valence-electron chi connectivity index (χ4n) is 3.96. The molecule has 34 heavy (non-hydrogen) atoms. The molecule has 1 aliphatic rings. The van der Waals surface area contributed by atoms with Crippen LogP contribution in [0, 0.1) is 5.92 Å². The van der Waals surface area contributed by atoms with E-state index >= 15 is 0 Å². The van der Waals surface area contributed by atoms with Crippen LogP contribution in [0.25, 0.3) is 0 Å². The lowest BCUT2D eigenvalue weighted by Crippen LogP contribution is -2.24. The summed E-state index contributed by atoms with van der Waals surface area (Å²) in [4.78, 5) is 21.3. The molecule has 4 rings (SSSR count). The van der Waals surface area contributed by atoms with Crippen LogP contribution in [0.15, 0.2) is 53.3 Å². The molecule has 0 amide bonds. The van der Waals surface area contributed by atoms with E-state index in [1.165, 1.54) is 12.5 Å². The number of aliphatic hydroxyl groups is 1. The highest BCUT2D eigenvalue weighted by Gasteiger charge is 2.35. The molecule has 1 aliphatic carbocycles. The second kappa shape index (κ2) is 10.2. The predicted octanol–water partition coefficient (Wildman–Crippen LogP) is 2.32. The van der Waals surface area contributed by atoms with Gasteiger partial charge in [0.15, 0.2) is 5.76 Å². The summed E-state index contributed by atoms with van der Waals surface area (Å²) < 4.78 is 32.4. The summed E-state index contributed by atoms with van der Waals surface area (Å²) in [5.74, 6) is 0.205. The number of carbonyl (C=O) groups is 1. The van der Waals surface area contributed by atoms with Gasteiger partial charge in [0, 0.05) is 29.6 Å². The predicted molar refractivity (Wildman–Crippen MR) is 124 cm³/mol. The van der Waals surface area contributed by atoms with E-state index in [-0.39, 0.29) is 29.8 Å². The zero-order valence-electron chi connectivity index (χ0n) is 17.9. The van der Waals surface area contributed by atoms with Gasteiger partial charge in [0.1, 0.15) is 17.9 Å². The Morgan fingerprint density at radius 1 is 1.29 bits per heavy atom. The molecule has 180 valence electrons. The van der Waals surface area contributed by atoms with Gasteiger partial charge in [-0.1, -0.05) is 23.7 Å². The molecule has 0 bridgehead atoms. The molecule has 0 spiro atoms. The van der Waals surface area contributed by atoms with Crippen LogP contribution in [0.4, 0.5) is 5.82 Å². The largest absolute Gasteiger partial charge is 0.457 e. The zero-order chi connectivity index (χ0) is 24.3. The molecule has 12 heteroatoms. The molecule has 4 N–H and O–H groups in total. The minimum absolute atomic E-state index is 0.140. The SMILES string of the molecule is NS(=O)(=O)OCC1C[C@@H](Nc2ncncc2C(=O)c2ccc(Cc3cccc(Cl)c3)o2)C[C@@H]1O. The van der Waals surface area contributed by atoms with E-state index in [0.717, 1.165) is 5.56 Å². The summed E-state index contributed by atoms with van der Waals surface area (Å²) in [7, 11) is -4.09. The average Bonchev–Trinajstić information content (AvgIpc) is 3.38. The van der Waals surface area contributed by atoms with Gasteiger partial charge in [-0.25, -0.2) is 15.1 Å². The Labute approximate surface area is 201 Å². The Bertz CT molecular complexity index is 1280. The van der Waals surface area contributed by atoms with Crippen LogP contribution in [0.5, 0.6) is 0 Å². The molecule has 1 saturated carbocycles. The Kier molecular flexibility index (Phi) is 7.29. The van der Waals surface area contributed by atoms with Crippen LogP contribution in [0.3, 0.4) is 0 Å². The highest BCUT2D eigenvalue weighted by molar-refractivity contribution is 7.84. The molecule has 3 atom stereocenters. The summed E-state index contributed by atoms with van der Waals surface area (Å²) in [5, 5.41) is 18.9. The van der Waals surface area contributed by atoms with Gasteiger partial charge in [0.2, 0.25) is 5.78 Å². The zero-order valence-corrected chi connectivity index (χ0v) is 19.5.